The molecule has 0 aliphatic rings. The van der Waals surface area contributed by atoms with Crippen LogP contribution in [0.2, 0.25) is 0 Å². The monoisotopic (exact) mass is 487 g/mol. The third kappa shape index (κ3) is 5.60. The van der Waals surface area contributed by atoms with Crippen molar-refractivity contribution in [2.24, 2.45) is 5.10 Å². The maximum absolute atomic E-state index is 13.5. The van der Waals surface area contributed by atoms with Gasteiger partial charge in [-0.2, -0.15) is 5.10 Å². The number of hydrazone groups is 1. The van der Waals surface area contributed by atoms with Crippen molar-refractivity contribution in [1.29, 1.82) is 5.41 Å². The number of anilines is 2. The molecule has 34 heavy (non-hydrogen) atoms. The summed E-state index contributed by atoms with van der Waals surface area (Å²) in [5.74, 6) is -1.00. The van der Waals surface area contributed by atoms with Crippen molar-refractivity contribution in [1.82, 2.24) is 4.90 Å². The van der Waals surface area contributed by atoms with E-state index in [2.05, 4.69) is 10.5 Å². The summed E-state index contributed by atoms with van der Waals surface area (Å²) in [5.41, 5.74) is 2.94. The van der Waals surface area contributed by atoms with E-state index in [1.807, 2.05) is 24.3 Å². The molecule has 0 bridgehead atoms. The molecule has 0 unspecified atom stereocenters. The summed E-state index contributed by atoms with van der Waals surface area (Å²) >= 11 is 1.15. The molecule has 182 valence electrons. The van der Waals surface area contributed by atoms with E-state index in [4.69, 9.17) is 10.1 Å². The second-order valence-corrected chi connectivity index (χ2v) is 8.88. The molecule has 2 aromatic rings. The van der Waals surface area contributed by atoms with Crippen LogP contribution >= 0.6 is 11.3 Å². The fourth-order valence-electron chi connectivity index (χ4n) is 3.11. The van der Waals surface area contributed by atoms with Gasteiger partial charge in [-0.05, 0) is 38.8 Å². The topological polar surface area (TPSA) is 135 Å². The number of thiophene rings is 1. The predicted molar refractivity (Wildman–Crippen MR) is 134 cm³/mol. The lowest BCUT2D eigenvalue weighted by Crippen LogP contribution is -2.51. The average molecular weight is 488 g/mol. The van der Waals surface area contributed by atoms with Crippen LogP contribution in [0.25, 0.3) is 0 Å². The number of carboxylic acids is 1. The number of carbonyl (C=O) groups is 3. The number of nitrogens with one attached hydrogen (secondary N) is 2. The second kappa shape index (κ2) is 11.4. The van der Waals surface area contributed by atoms with Crippen LogP contribution in [0.15, 0.2) is 29.4 Å². The van der Waals surface area contributed by atoms with Gasteiger partial charge in [0.05, 0.1) is 18.9 Å². The fourth-order valence-corrected chi connectivity index (χ4v) is 4.25. The zero-order chi connectivity index (χ0) is 25.5. The van der Waals surface area contributed by atoms with Gasteiger partial charge in [0.2, 0.25) is 6.41 Å². The maximum Gasteiger partial charge on any atom is 0.329 e. The summed E-state index contributed by atoms with van der Waals surface area (Å²) in [7, 11) is 2.99. The van der Waals surface area contributed by atoms with Crippen molar-refractivity contribution >= 4 is 52.1 Å². The number of ether oxygens (including phenoxy) is 1. The van der Waals surface area contributed by atoms with E-state index < -0.39 is 17.4 Å². The van der Waals surface area contributed by atoms with Gasteiger partial charge >= 0.3 is 5.97 Å². The van der Waals surface area contributed by atoms with Gasteiger partial charge in [-0.25, -0.2) is 4.79 Å². The molecule has 1 aromatic carbocycles. The largest absolute Gasteiger partial charge is 0.496 e. The van der Waals surface area contributed by atoms with Gasteiger partial charge in [-0.1, -0.05) is 29.5 Å². The van der Waals surface area contributed by atoms with E-state index in [1.54, 1.807) is 14.0 Å². The molecule has 0 aliphatic heterocycles. The average Bonchev–Trinajstić information content (AvgIpc) is 3.14. The van der Waals surface area contributed by atoms with Crippen LogP contribution in [-0.4, -0.2) is 67.0 Å². The van der Waals surface area contributed by atoms with Crippen LogP contribution in [-0.2, 0) is 16.0 Å². The Morgan fingerprint density at radius 1 is 1.32 bits per heavy atom. The van der Waals surface area contributed by atoms with Crippen molar-refractivity contribution in [2.45, 2.75) is 32.7 Å². The standard InChI is InChI=1S/C23H29N5O5S/c1-15-18(20(30)27(4)23(2,3)22(31)32)21(34-19(15)26-25-12-11-24)28(14-29)13-10-16-8-6-7-9-17(16)33-5/h6-9,11-12,14,24,26H,10,13H2,1-5H3,(H,31,32)/b24-11?,25-12-. The molecule has 2 rings (SSSR count). The predicted octanol–water partition coefficient (Wildman–Crippen LogP) is 3.25. The minimum Gasteiger partial charge on any atom is -0.496 e. The van der Waals surface area contributed by atoms with Crippen molar-refractivity contribution in [3.63, 3.8) is 0 Å². The molecule has 0 radical (unpaired) electrons. The highest BCUT2D eigenvalue weighted by atomic mass is 32.1. The first-order chi connectivity index (χ1) is 16.1. The SMILES string of the molecule is COc1ccccc1CCN(C=O)c1sc(N/N=C\C=N)c(C)c1C(=O)N(C)C(C)(C)C(=O)O. The van der Waals surface area contributed by atoms with Crippen molar-refractivity contribution in [3.05, 3.63) is 41.0 Å². The lowest BCUT2D eigenvalue weighted by Gasteiger charge is -2.32. The lowest BCUT2D eigenvalue weighted by molar-refractivity contribution is -0.147. The molecule has 10 nitrogen and oxygen atoms in total. The number of carboxylic acid groups (broad SMARTS) is 1. The molecule has 0 spiro atoms. The minimum absolute atomic E-state index is 0.210. The van der Waals surface area contributed by atoms with E-state index in [0.29, 0.717) is 34.1 Å². The van der Waals surface area contributed by atoms with Gasteiger partial charge in [0, 0.05) is 25.4 Å². The van der Waals surface area contributed by atoms with E-state index in [1.165, 1.54) is 32.0 Å². The summed E-state index contributed by atoms with van der Waals surface area (Å²) in [6.07, 6.45) is 3.35. The molecule has 2 amide bonds. The van der Waals surface area contributed by atoms with Gasteiger partial charge < -0.3 is 25.1 Å². The van der Waals surface area contributed by atoms with Gasteiger partial charge in [0.25, 0.3) is 5.91 Å². The highest BCUT2D eigenvalue weighted by molar-refractivity contribution is 7.20. The van der Waals surface area contributed by atoms with E-state index in [-0.39, 0.29) is 12.1 Å². The number of likely N-dealkylation sites (N-methyl/N-ethyl adjacent to an activating group) is 1. The Bertz CT molecular complexity index is 1100. The van der Waals surface area contributed by atoms with Crippen LogP contribution in [0.3, 0.4) is 0 Å². The summed E-state index contributed by atoms with van der Waals surface area (Å²) in [4.78, 5) is 39.9. The summed E-state index contributed by atoms with van der Waals surface area (Å²) < 4.78 is 5.38. The third-order valence-corrected chi connectivity index (χ3v) is 6.76. The van der Waals surface area contributed by atoms with Gasteiger partial charge in [0.1, 0.15) is 21.3 Å². The van der Waals surface area contributed by atoms with Gasteiger partial charge in [-0.15, -0.1) is 0 Å². The highest BCUT2D eigenvalue weighted by Crippen LogP contribution is 2.41. The third-order valence-electron chi connectivity index (χ3n) is 5.53. The molecule has 0 fully saturated rings. The first-order valence-electron chi connectivity index (χ1n) is 10.4. The van der Waals surface area contributed by atoms with Crippen molar-refractivity contribution < 1.29 is 24.2 Å². The Hall–Kier alpha value is -3.73. The molecule has 1 aromatic heterocycles. The Balaban J connectivity index is 2.50. The smallest absolute Gasteiger partial charge is 0.329 e. The van der Waals surface area contributed by atoms with Crippen LogP contribution in [0.5, 0.6) is 5.75 Å². The number of amides is 2. The molecule has 3 N–H and O–H groups in total. The first kappa shape index (κ1) is 26.5. The van der Waals surface area contributed by atoms with Crippen LogP contribution < -0.4 is 15.1 Å². The van der Waals surface area contributed by atoms with Gasteiger partial charge in [-0.3, -0.25) is 15.0 Å². The molecular formula is C23H29N5O5S. The molecule has 0 saturated heterocycles. The van der Waals surface area contributed by atoms with Crippen molar-refractivity contribution in [3.8, 4) is 5.75 Å². The molecule has 11 heteroatoms. The highest BCUT2D eigenvalue weighted by Gasteiger charge is 2.38. The zero-order valence-corrected chi connectivity index (χ0v) is 20.6. The number of para-hydroxylation sites is 1. The number of aliphatic carboxylic acids is 1. The maximum atomic E-state index is 13.5. The Labute approximate surface area is 202 Å². The zero-order valence-electron chi connectivity index (χ0n) is 19.8. The molecule has 0 saturated carbocycles. The minimum atomic E-state index is -1.47. The normalized spacial score (nSPS) is 11.2. The van der Waals surface area contributed by atoms with E-state index in [0.717, 1.165) is 28.0 Å². The Morgan fingerprint density at radius 2 is 2.00 bits per heavy atom. The molecule has 0 aliphatic carbocycles. The number of methoxy groups -OCH3 is 1. The Morgan fingerprint density at radius 3 is 2.59 bits per heavy atom. The number of carbonyl (C=O) groups excluding carboxylic acids is 2. The number of nitrogens with zero attached hydrogens (tertiary/aromatic N) is 3. The number of hydrogen-bond donors (Lipinski definition) is 3. The van der Waals surface area contributed by atoms with E-state index in [9.17, 15) is 19.5 Å². The Kier molecular flexibility index (Phi) is 8.90. The lowest BCUT2D eigenvalue weighted by atomic mass is 10.0. The number of hydrogen-bond acceptors (Lipinski definition) is 8. The summed E-state index contributed by atoms with van der Waals surface area (Å²) in [6.45, 7) is 4.82. The number of benzene rings is 1. The van der Waals surface area contributed by atoms with Gasteiger partial charge in [0.15, 0.2) is 0 Å². The molecule has 0 atom stereocenters. The van der Waals surface area contributed by atoms with Crippen LogP contribution in [0, 0.1) is 12.3 Å². The van der Waals surface area contributed by atoms with Crippen LogP contribution in [0.1, 0.15) is 35.3 Å². The fraction of sp³-hybridized carbons (Fsp3) is 0.348. The molecule has 1 heterocycles. The van der Waals surface area contributed by atoms with Crippen molar-refractivity contribution in [2.75, 3.05) is 31.0 Å². The molecular weight excluding hydrogens is 458 g/mol. The van der Waals surface area contributed by atoms with Crippen LogP contribution in [0.4, 0.5) is 10.0 Å². The quantitative estimate of drug-likeness (QED) is 0.239. The first-order valence-corrected chi connectivity index (χ1v) is 11.2. The summed E-state index contributed by atoms with van der Waals surface area (Å²) in [5, 5.41) is 21.4. The van der Waals surface area contributed by atoms with E-state index >= 15 is 0 Å². The summed E-state index contributed by atoms with van der Waals surface area (Å²) in [6, 6.07) is 7.46. The number of rotatable bonds is 12. The second-order valence-electron chi connectivity index (χ2n) is 7.88.